The Morgan fingerprint density at radius 1 is 1.10 bits per heavy atom. The van der Waals surface area contributed by atoms with Gasteiger partial charge in [0.15, 0.2) is 0 Å². The molecule has 2 atom stereocenters. The first-order valence-corrected chi connectivity index (χ1v) is 7.30. The predicted octanol–water partition coefficient (Wildman–Crippen LogP) is 3.00. The third kappa shape index (κ3) is 3.84. The van der Waals surface area contributed by atoms with Crippen molar-refractivity contribution in [2.24, 2.45) is 5.73 Å². The van der Waals surface area contributed by atoms with Gasteiger partial charge in [-0.25, -0.2) is 0 Å². The van der Waals surface area contributed by atoms with Crippen molar-refractivity contribution in [1.29, 1.82) is 0 Å². The first kappa shape index (κ1) is 15.5. The second-order valence-corrected chi connectivity index (χ2v) is 5.34. The summed E-state index contributed by atoms with van der Waals surface area (Å²) in [6.45, 7) is 4.12. The second kappa shape index (κ2) is 7.25. The van der Waals surface area contributed by atoms with Gasteiger partial charge in [0.2, 0.25) is 0 Å². The van der Waals surface area contributed by atoms with Gasteiger partial charge in [0.1, 0.15) is 11.9 Å². The Morgan fingerprint density at radius 2 is 1.76 bits per heavy atom. The SMILES string of the molecule is Cc1ccccc1C(Oc1ccccc1CCO)C(C)N. The average molecular weight is 285 g/mol. The Hall–Kier alpha value is -1.84. The number of nitrogens with two attached hydrogens (primary N) is 1. The number of hydrogen-bond acceptors (Lipinski definition) is 3. The van der Waals surface area contributed by atoms with Crippen LogP contribution in [0.5, 0.6) is 5.75 Å². The number of benzene rings is 2. The van der Waals surface area contributed by atoms with Gasteiger partial charge in [-0.1, -0.05) is 42.5 Å². The van der Waals surface area contributed by atoms with Crippen LogP contribution in [0.3, 0.4) is 0 Å². The van der Waals surface area contributed by atoms with Gasteiger partial charge < -0.3 is 15.6 Å². The molecule has 0 spiro atoms. The van der Waals surface area contributed by atoms with Crippen molar-refractivity contribution in [1.82, 2.24) is 0 Å². The molecule has 2 unspecified atom stereocenters. The zero-order chi connectivity index (χ0) is 15.2. The van der Waals surface area contributed by atoms with Crippen LogP contribution in [0.1, 0.15) is 29.7 Å². The summed E-state index contributed by atoms with van der Waals surface area (Å²) in [5, 5.41) is 9.17. The molecule has 3 N–H and O–H groups in total. The summed E-state index contributed by atoms with van der Waals surface area (Å²) in [6, 6.07) is 15.8. The summed E-state index contributed by atoms with van der Waals surface area (Å²) in [6.07, 6.45) is 0.376. The lowest BCUT2D eigenvalue weighted by molar-refractivity contribution is 0.177. The van der Waals surface area contributed by atoms with Crippen LogP contribution in [0.15, 0.2) is 48.5 Å². The Balaban J connectivity index is 2.32. The Morgan fingerprint density at radius 3 is 2.43 bits per heavy atom. The molecular weight excluding hydrogens is 262 g/mol. The molecule has 0 aliphatic carbocycles. The molecule has 0 amide bonds. The summed E-state index contributed by atoms with van der Waals surface area (Å²) >= 11 is 0. The van der Waals surface area contributed by atoms with E-state index in [0.29, 0.717) is 6.42 Å². The maximum atomic E-state index is 9.17. The highest BCUT2D eigenvalue weighted by Gasteiger charge is 2.20. The predicted molar refractivity (Wildman–Crippen MR) is 85.4 cm³/mol. The Bertz CT molecular complexity index is 581. The molecule has 112 valence electrons. The highest BCUT2D eigenvalue weighted by atomic mass is 16.5. The average Bonchev–Trinajstić information content (AvgIpc) is 2.47. The van der Waals surface area contributed by atoms with Crippen LogP contribution in [-0.2, 0) is 6.42 Å². The molecule has 0 saturated heterocycles. The Labute approximate surface area is 126 Å². The smallest absolute Gasteiger partial charge is 0.139 e. The maximum Gasteiger partial charge on any atom is 0.139 e. The minimum Gasteiger partial charge on any atom is -0.484 e. The fourth-order valence-electron chi connectivity index (χ4n) is 2.44. The lowest BCUT2D eigenvalue weighted by atomic mass is 9.99. The van der Waals surface area contributed by atoms with Crippen molar-refractivity contribution in [3.05, 3.63) is 65.2 Å². The Kier molecular flexibility index (Phi) is 5.37. The van der Waals surface area contributed by atoms with Gasteiger partial charge in [0.25, 0.3) is 0 Å². The molecule has 0 radical (unpaired) electrons. The van der Waals surface area contributed by atoms with E-state index in [9.17, 15) is 0 Å². The van der Waals surface area contributed by atoms with Crippen LogP contribution in [0.4, 0.5) is 0 Å². The quantitative estimate of drug-likeness (QED) is 0.858. The number of aliphatic hydroxyl groups excluding tert-OH is 1. The third-order valence-electron chi connectivity index (χ3n) is 3.58. The highest BCUT2D eigenvalue weighted by molar-refractivity contribution is 5.36. The molecule has 0 aromatic heterocycles. The van der Waals surface area contributed by atoms with Crippen LogP contribution in [0.25, 0.3) is 0 Å². The monoisotopic (exact) mass is 285 g/mol. The van der Waals surface area contributed by atoms with Gasteiger partial charge in [-0.15, -0.1) is 0 Å². The second-order valence-electron chi connectivity index (χ2n) is 5.34. The van der Waals surface area contributed by atoms with Crippen molar-refractivity contribution in [3.8, 4) is 5.75 Å². The van der Waals surface area contributed by atoms with Gasteiger partial charge in [-0.2, -0.15) is 0 Å². The van der Waals surface area contributed by atoms with Gasteiger partial charge in [0, 0.05) is 12.6 Å². The number of aryl methyl sites for hydroxylation is 1. The van der Waals surface area contributed by atoms with E-state index in [1.165, 1.54) is 5.56 Å². The van der Waals surface area contributed by atoms with E-state index in [1.807, 2.05) is 43.3 Å². The topological polar surface area (TPSA) is 55.5 Å². The maximum absolute atomic E-state index is 9.17. The van der Waals surface area contributed by atoms with Crippen molar-refractivity contribution < 1.29 is 9.84 Å². The van der Waals surface area contributed by atoms with Crippen LogP contribution < -0.4 is 10.5 Å². The van der Waals surface area contributed by atoms with Crippen LogP contribution in [-0.4, -0.2) is 17.8 Å². The van der Waals surface area contributed by atoms with Gasteiger partial charge in [-0.05, 0) is 43.0 Å². The highest BCUT2D eigenvalue weighted by Crippen LogP contribution is 2.29. The fourth-order valence-corrected chi connectivity index (χ4v) is 2.44. The van der Waals surface area contributed by atoms with E-state index in [-0.39, 0.29) is 18.8 Å². The molecule has 2 aromatic rings. The van der Waals surface area contributed by atoms with Gasteiger partial charge in [0.05, 0.1) is 0 Å². The number of para-hydroxylation sites is 1. The molecule has 3 nitrogen and oxygen atoms in total. The lowest BCUT2D eigenvalue weighted by Gasteiger charge is -2.25. The molecule has 2 aromatic carbocycles. The molecule has 3 heteroatoms. The van der Waals surface area contributed by atoms with Gasteiger partial charge in [-0.3, -0.25) is 0 Å². The van der Waals surface area contributed by atoms with Crippen LogP contribution in [0.2, 0.25) is 0 Å². The molecular formula is C18H23NO2. The summed E-state index contributed by atoms with van der Waals surface area (Å²) in [5.41, 5.74) is 9.40. The van der Waals surface area contributed by atoms with Crippen LogP contribution in [0, 0.1) is 6.92 Å². The molecule has 21 heavy (non-hydrogen) atoms. The van der Waals surface area contributed by atoms with Crippen molar-refractivity contribution in [3.63, 3.8) is 0 Å². The molecule has 0 bridgehead atoms. The zero-order valence-corrected chi connectivity index (χ0v) is 12.6. The summed E-state index contributed by atoms with van der Waals surface area (Å²) < 4.78 is 6.19. The third-order valence-corrected chi connectivity index (χ3v) is 3.58. The van der Waals surface area contributed by atoms with Gasteiger partial charge >= 0.3 is 0 Å². The van der Waals surface area contributed by atoms with E-state index in [4.69, 9.17) is 15.6 Å². The molecule has 0 saturated carbocycles. The zero-order valence-electron chi connectivity index (χ0n) is 12.6. The summed E-state index contributed by atoms with van der Waals surface area (Å²) in [5.74, 6) is 0.789. The van der Waals surface area contributed by atoms with E-state index >= 15 is 0 Å². The largest absolute Gasteiger partial charge is 0.484 e. The molecule has 0 aliphatic rings. The van der Waals surface area contributed by atoms with E-state index in [2.05, 4.69) is 19.1 Å². The minimum atomic E-state index is -0.203. The van der Waals surface area contributed by atoms with Crippen LogP contribution >= 0.6 is 0 Å². The molecule has 0 heterocycles. The first-order chi connectivity index (χ1) is 10.1. The van der Waals surface area contributed by atoms with Crippen molar-refractivity contribution in [2.75, 3.05) is 6.61 Å². The molecule has 0 aliphatic heterocycles. The summed E-state index contributed by atoms with van der Waals surface area (Å²) in [4.78, 5) is 0. The van der Waals surface area contributed by atoms with E-state index < -0.39 is 0 Å². The number of aliphatic hydroxyl groups is 1. The normalized spacial score (nSPS) is 13.7. The van der Waals surface area contributed by atoms with Crippen molar-refractivity contribution in [2.45, 2.75) is 32.4 Å². The first-order valence-electron chi connectivity index (χ1n) is 7.30. The van der Waals surface area contributed by atoms with E-state index in [1.54, 1.807) is 0 Å². The lowest BCUT2D eigenvalue weighted by Crippen LogP contribution is -2.29. The molecule has 0 fully saturated rings. The number of rotatable bonds is 6. The van der Waals surface area contributed by atoms with E-state index in [0.717, 1.165) is 16.9 Å². The fraction of sp³-hybridized carbons (Fsp3) is 0.333. The minimum absolute atomic E-state index is 0.105. The number of ether oxygens (including phenoxy) is 1. The number of hydrogen-bond donors (Lipinski definition) is 2. The van der Waals surface area contributed by atoms with Crippen molar-refractivity contribution >= 4 is 0 Å². The standard InChI is InChI=1S/C18H23NO2/c1-13-7-3-5-9-16(13)18(14(2)19)21-17-10-6-4-8-15(17)11-12-20/h3-10,14,18,20H,11-12,19H2,1-2H3. The molecule has 2 rings (SSSR count). The summed E-state index contributed by atoms with van der Waals surface area (Å²) in [7, 11) is 0.